The van der Waals surface area contributed by atoms with Gasteiger partial charge in [-0.1, -0.05) is 20.3 Å². The van der Waals surface area contributed by atoms with Crippen LogP contribution in [0.25, 0.3) is 0 Å². The third-order valence-electron chi connectivity index (χ3n) is 4.47. The van der Waals surface area contributed by atoms with Gasteiger partial charge in [0.25, 0.3) is 0 Å². The van der Waals surface area contributed by atoms with E-state index in [0.29, 0.717) is 6.54 Å². The van der Waals surface area contributed by atoms with Gasteiger partial charge in [-0.25, -0.2) is 9.97 Å². The minimum Gasteiger partial charge on any atom is -0.388 e. The molecule has 1 heterocycles. The van der Waals surface area contributed by atoms with Crippen LogP contribution < -0.4 is 10.6 Å². The molecule has 1 saturated carbocycles. The van der Waals surface area contributed by atoms with Crippen LogP contribution in [-0.2, 0) is 6.42 Å². The standard InChI is InChI=1S/C16H28N4O/c1-4-5-13-14(17-3)19-11-20-15(13)18-10-16(21)8-6-12(2)7-9-16/h11-12,21H,4-10H2,1-3H3,(H2,17,18,19,20). The summed E-state index contributed by atoms with van der Waals surface area (Å²) in [7, 11) is 1.88. The van der Waals surface area contributed by atoms with Gasteiger partial charge >= 0.3 is 0 Å². The second-order valence-corrected chi connectivity index (χ2v) is 6.31. The Morgan fingerprint density at radius 1 is 1.29 bits per heavy atom. The van der Waals surface area contributed by atoms with Crippen LogP contribution in [0.1, 0.15) is 51.5 Å². The SMILES string of the molecule is CCCc1c(NC)ncnc1NCC1(O)CCC(C)CC1. The van der Waals surface area contributed by atoms with Crippen LogP contribution in [0.5, 0.6) is 0 Å². The van der Waals surface area contributed by atoms with E-state index >= 15 is 0 Å². The van der Waals surface area contributed by atoms with Gasteiger partial charge in [0, 0.05) is 19.2 Å². The molecule has 3 N–H and O–H groups in total. The Balaban J connectivity index is 2.05. The van der Waals surface area contributed by atoms with Gasteiger partial charge in [0.05, 0.1) is 5.60 Å². The maximum absolute atomic E-state index is 10.7. The molecule has 1 aliphatic carbocycles. The van der Waals surface area contributed by atoms with E-state index in [1.807, 2.05) is 7.05 Å². The van der Waals surface area contributed by atoms with Crippen LogP contribution in [0.15, 0.2) is 6.33 Å². The summed E-state index contributed by atoms with van der Waals surface area (Å²) in [6.07, 6.45) is 7.48. The number of aliphatic hydroxyl groups is 1. The Bertz CT molecular complexity index is 456. The maximum Gasteiger partial charge on any atom is 0.134 e. The zero-order chi connectivity index (χ0) is 15.3. The summed E-state index contributed by atoms with van der Waals surface area (Å²) in [4.78, 5) is 8.64. The van der Waals surface area contributed by atoms with Crippen molar-refractivity contribution in [3.05, 3.63) is 11.9 Å². The van der Waals surface area contributed by atoms with Crippen molar-refractivity contribution in [2.75, 3.05) is 24.2 Å². The summed E-state index contributed by atoms with van der Waals surface area (Å²) in [6.45, 7) is 4.97. The third-order valence-corrected chi connectivity index (χ3v) is 4.47. The summed E-state index contributed by atoms with van der Waals surface area (Å²) < 4.78 is 0. The topological polar surface area (TPSA) is 70.1 Å². The first-order valence-electron chi connectivity index (χ1n) is 8.06. The van der Waals surface area contributed by atoms with Gasteiger partial charge < -0.3 is 15.7 Å². The van der Waals surface area contributed by atoms with Crippen molar-refractivity contribution in [2.24, 2.45) is 5.92 Å². The summed E-state index contributed by atoms with van der Waals surface area (Å²) in [6, 6.07) is 0. The van der Waals surface area contributed by atoms with Gasteiger partial charge in [0.1, 0.15) is 18.0 Å². The Morgan fingerprint density at radius 2 is 1.95 bits per heavy atom. The fourth-order valence-corrected chi connectivity index (χ4v) is 2.99. The molecule has 5 heteroatoms. The third kappa shape index (κ3) is 4.06. The molecule has 5 nitrogen and oxygen atoms in total. The van der Waals surface area contributed by atoms with Crippen LogP contribution in [0.4, 0.5) is 11.6 Å². The Kier molecular flexibility index (Phi) is 5.39. The molecule has 0 bridgehead atoms. The lowest BCUT2D eigenvalue weighted by molar-refractivity contribution is 0.00493. The lowest BCUT2D eigenvalue weighted by Crippen LogP contribution is -2.40. The second-order valence-electron chi connectivity index (χ2n) is 6.31. The molecule has 0 spiro atoms. The smallest absolute Gasteiger partial charge is 0.134 e. The van der Waals surface area contributed by atoms with E-state index < -0.39 is 5.60 Å². The molecule has 0 aromatic carbocycles. The maximum atomic E-state index is 10.7. The Hall–Kier alpha value is -1.36. The lowest BCUT2D eigenvalue weighted by Gasteiger charge is -2.35. The van der Waals surface area contributed by atoms with Crippen molar-refractivity contribution in [1.82, 2.24) is 9.97 Å². The molecule has 0 saturated heterocycles. The van der Waals surface area contributed by atoms with Crippen LogP contribution in [0.3, 0.4) is 0 Å². The highest BCUT2D eigenvalue weighted by Crippen LogP contribution is 2.32. The van der Waals surface area contributed by atoms with Crippen LogP contribution in [0, 0.1) is 5.92 Å². The van der Waals surface area contributed by atoms with Crippen LogP contribution in [-0.4, -0.2) is 34.3 Å². The van der Waals surface area contributed by atoms with Crippen molar-refractivity contribution in [3.63, 3.8) is 0 Å². The van der Waals surface area contributed by atoms with Gasteiger partial charge in [0.2, 0.25) is 0 Å². The summed E-state index contributed by atoms with van der Waals surface area (Å²) >= 11 is 0. The largest absolute Gasteiger partial charge is 0.388 e. The number of nitrogens with one attached hydrogen (secondary N) is 2. The molecule has 0 aliphatic heterocycles. The van der Waals surface area contributed by atoms with Crippen LogP contribution >= 0.6 is 0 Å². The zero-order valence-electron chi connectivity index (χ0n) is 13.4. The molecular formula is C16H28N4O. The van der Waals surface area contributed by atoms with Gasteiger partial charge in [0.15, 0.2) is 0 Å². The number of hydrogen-bond donors (Lipinski definition) is 3. The summed E-state index contributed by atoms with van der Waals surface area (Å²) in [5.41, 5.74) is 0.510. The van der Waals surface area contributed by atoms with E-state index in [2.05, 4.69) is 34.4 Å². The van der Waals surface area contributed by atoms with Crippen molar-refractivity contribution < 1.29 is 5.11 Å². The molecule has 0 unspecified atom stereocenters. The fraction of sp³-hybridized carbons (Fsp3) is 0.750. The highest BCUT2D eigenvalue weighted by atomic mass is 16.3. The van der Waals surface area contributed by atoms with E-state index in [-0.39, 0.29) is 0 Å². The van der Waals surface area contributed by atoms with Crippen molar-refractivity contribution in [3.8, 4) is 0 Å². The average molecular weight is 292 g/mol. The summed E-state index contributed by atoms with van der Waals surface area (Å²) in [5, 5.41) is 17.2. The van der Waals surface area contributed by atoms with Gasteiger partial charge in [-0.05, 0) is 38.0 Å². The zero-order valence-corrected chi connectivity index (χ0v) is 13.4. The molecule has 0 radical (unpaired) electrons. The minimum absolute atomic E-state index is 0.566. The number of anilines is 2. The first-order valence-corrected chi connectivity index (χ1v) is 8.06. The predicted molar refractivity (Wildman–Crippen MR) is 86.6 cm³/mol. The first kappa shape index (κ1) is 16.0. The lowest BCUT2D eigenvalue weighted by atomic mass is 9.79. The molecule has 1 aliphatic rings. The van der Waals surface area contributed by atoms with Crippen molar-refractivity contribution in [2.45, 2.75) is 58.0 Å². The van der Waals surface area contributed by atoms with Crippen molar-refractivity contribution in [1.29, 1.82) is 0 Å². The number of aromatic nitrogens is 2. The van der Waals surface area contributed by atoms with E-state index in [0.717, 1.165) is 61.6 Å². The van der Waals surface area contributed by atoms with E-state index in [4.69, 9.17) is 0 Å². The number of nitrogens with zero attached hydrogens (tertiary/aromatic N) is 2. The molecule has 2 rings (SSSR count). The molecule has 21 heavy (non-hydrogen) atoms. The van der Waals surface area contributed by atoms with Crippen molar-refractivity contribution >= 4 is 11.6 Å². The summed E-state index contributed by atoms with van der Waals surface area (Å²) in [5.74, 6) is 2.46. The fourth-order valence-electron chi connectivity index (χ4n) is 2.99. The Labute approximate surface area is 127 Å². The second kappa shape index (κ2) is 7.07. The molecule has 1 aromatic heterocycles. The predicted octanol–water partition coefficient (Wildman–Crippen LogP) is 2.82. The van der Waals surface area contributed by atoms with E-state index in [1.165, 1.54) is 0 Å². The van der Waals surface area contributed by atoms with Gasteiger partial charge in [-0.15, -0.1) is 0 Å². The Morgan fingerprint density at radius 3 is 2.57 bits per heavy atom. The molecule has 0 atom stereocenters. The highest BCUT2D eigenvalue weighted by Gasteiger charge is 2.31. The minimum atomic E-state index is -0.596. The number of hydrogen-bond acceptors (Lipinski definition) is 5. The highest BCUT2D eigenvalue weighted by molar-refractivity contribution is 5.57. The van der Waals surface area contributed by atoms with E-state index in [9.17, 15) is 5.11 Å². The van der Waals surface area contributed by atoms with Gasteiger partial charge in [-0.2, -0.15) is 0 Å². The molecular weight excluding hydrogens is 264 g/mol. The monoisotopic (exact) mass is 292 g/mol. The normalized spacial score (nSPS) is 25.6. The van der Waals surface area contributed by atoms with Crippen LogP contribution in [0.2, 0.25) is 0 Å². The molecule has 1 fully saturated rings. The first-order chi connectivity index (χ1) is 10.1. The quantitative estimate of drug-likeness (QED) is 0.752. The van der Waals surface area contributed by atoms with Gasteiger partial charge in [-0.3, -0.25) is 0 Å². The average Bonchev–Trinajstić information content (AvgIpc) is 2.50. The molecule has 118 valence electrons. The molecule has 0 amide bonds. The molecule has 1 aromatic rings. The van der Waals surface area contributed by atoms with E-state index in [1.54, 1.807) is 6.33 Å². The number of rotatable bonds is 6.